The molecule has 2 heterocycles. The molecule has 0 atom stereocenters. The van der Waals surface area contributed by atoms with Crippen LogP contribution in [0, 0.1) is 26.0 Å². The van der Waals surface area contributed by atoms with Crippen LogP contribution in [0.4, 0.5) is 0 Å². The number of rotatable bonds is 4. The van der Waals surface area contributed by atoms with Crippen molar-refractivity contribution in [3.05, 3.63) is 113 Å². The molecule has 39 heavy (non-hydrogen) atoms. The molecule has 0 unspecified atom stereocenters. The highest BCUT2D eigenvalue weighted by Crippen LogP contribution is 2.38. The van der Waals surface area contributed by atoms with E-state index in [1.165, 1.54) is 12.3 Å². The lowest BCUT2D eigenvalue weighted by Crippen LogP contribution is -2.09. The van der Waals surface area contributed by atoms with Gasteiger partial charge in [-0.05, 0) is 95.1 Å². The molecule has 0 fully saturated rings. The lowest BCUT2D eigenvalue weighted by Gasteiger charge is -2.19. The Labute approximate surface area is 244 Å². The number of benzene rings is 4. The molecular weight excluding hydrogens is 474 g/mol. The van der Waals surface area contributed by atoms with E-state index in [-0.39, 0.29) is 33.2 Å². The first-order valence-corrected chi connectivity index (χ1v) is 13.0. The van der Waals surface area contributed by atoms with Crippen molar-refractivity contribution in [3.63, 3.8) is 0 Å². The van der Waals surface area contributed by atoms with Crippen LogP contribution >= 0.6 is 0 Å². The van der Waals surface area contributed by atoms with Crippen LogP contribution in [0.15, 0.2) is 95.5 Å². The molecule has 2 heteroatoms. The zero-order valence-electron chi connectivity index (χ0n) is 31.2. The molecule has 0 spiro atoms. The Balaban J connectivity index is 1.56. The highest BCUT2D eigenvalue weighted by atomic mass is 16.3. The molecular formula is C37H35NO. The van der Waals surface area contributed by atoms with Gasteiger partial charge >= 0.3 is 0 Å². The summed E-state index contributed by atoms with van der Waals surface area (Å²) >= 11 is 0. The number of hydrogen-bond donors (Lipinski definition) is 0. The predicted octanol–water partition coefficient (Wildman–Crippen LogP) is 10.5. The molecule has 4 aromatic carbocycles. The highest BCUT2D eigenvalue weighted by molar-refractivity contribution is 6.09. The molecule has 0 N–H and O–H groups in total. The van der Waals surface area contributed by atoms with E-state index in [1.54, 1.807) is 30.3 Å². The Bertz CT molecular complexity index is 2160. The molecule has 6 rings (SSSR count). The number of nitrogens with zero attached hydrogens (tertiary/aromatic N) is 1. The van der Waals surface area contributed by atoms with E-state index in [0.717, 1.165) is 16.3 Å². The Hall–Kier alpha value is -4.17. The molecule has 6 aromatic rings. The van der Waals surface area contributed by atoms with Crippen molar-refractivity contribution >= 4 is 21.9 Å². The van der Waals surface area contributed by atoms with Gasteiger partial charge in [0, 0.05) is 34.9 Å². The third kappa shape index (κ3) is 4.76. The van der Waals surface area contributed by atoms with Crippen LogP contribution in [0.3, 0.4) is 0 Å². The summed E-state index contributed by atoms with van der Waals surface area (Å²) in [5, 5.41) is 1.80. The number of aryl methyl sites for hydroxylation is 3. The predicted molar refractivity (Wildman–Crippen MR) is 165 cm³/mol. The highest BCUT2D eigenvalue weighted by Gasteiger charge is 2.16. The van der Waals surface area contributed by atoms with Crippen LogP contribution in [0.5, 0.6) is 0 Å². The van der Waals surface area contributed by atoms with Crippen molar-refractivity contribution in [2.45, 2.75) is 47.7 Å². The minimum Gasteiger partial charge on any atom is -0.455 e. The van der Waals surface area contributed by atoms with Gasteiger partial charge in [-0.15, -0.1) is 0 Å². The zero-order valence-corrected chi connectivity index (χ0v) is 22.2. The first-order chi connectivity index (χ1) is 22.3. The van der Waals surface area contributed by atoms with Crippen LogP contribution in [-0.2, 0) is 6.42 Å². The maximum absolute atomic E-state index is 8.50. The summed E-state index contributed by atoms with van der Waals surface area (Å²) < 4.78 is 81.4. The van der Waals surface area contributed by atoms with Gasteiger partial charge in [-0.2, -0.15) is 0 Å². The van der Waals surface area contributed by atoms with Crippen molar-refractivity contribution in [1.82, 2.24) is 4.98 Å². The molecule has 2 nitrogen and oxygen atoms in total. The summed E-state index contributed by atoms with van der Waals surface area (Å²) in [6.45, 7) is -1.49. The van der Waals surface area contributed by atoms with E-state index in [4.69, 9.17) is 16.8 Å². The first-order valence-electron chi connectivity index (χ1n) is 17.5. The van der Waals surface area contributed by atoms with Crippen molar-refractivity contribution in [2.24, 2.45) is 5.41 Å². The van der Waals surface area contributed by atoms with Gasteiger partial charge in [0.1, 0.15) is 11.2 Å². The van der Waals surface area contributed by atoms with Gasteiger partial charge in [0.2, 0.25) is 0 Å². The van der Waals surface area contributed by atoms with Gasteiger partial charge in [0.25, 0.3) is 0 Å². The largest absolute Gasteiger partial charge is 0.455 e. The molecule has 0 amide bonds. The van der Waals surface area contributed by atoms with Crippen LogP contribution < -0.4 is 0 Å². The minimum atomic E-state index is -2.66. The van der Waals surface area contributed by atoms with Crippen LogP contribution in [-0.4, -0.2) is 4.98 Å². The topological polar surface area (TPSA) is 26.0 Å². The van der Waals surface area contributed by atoms with E-state index in [1.807, 2.05) is 48.5 Å². The Kier molecular flexibility index (Phi) is 4.09. The SMILES string of the molecule is [2H]C([2H])([2H])c1cc(CC(C)(C)C)ccc1-c1ccc(-c2cc(-c3cccc4c3oc3ccccc34)ncc2C([2H])([2H])[2H])c(C([2H])([2H])[2H])c1. The van der Waals surface area contributed by atoms with E-state index in [0.29, 0.717) is 40.0 Å². The molecule has 0 saturated carbocycles. The molecule has 0 aliphatic carbocycles. The average molecular weight is 519 g/mol. The number of aromatic nitrogens is 1. The smallest absolute Gasteiger partial charge is 0.144 e. The third-order valence-corrected chi connectivity index (χ3v) is 7.02. The van der Waals surface area contributed by atoms with Crippen LogP contribution in [0.1, 0.15) is 55.4 Å². The van der Waals surface area contributed by atoms with E-state index < -0.39 is 20.6 Å². The third-order valence-electron chi connectivity index (χ3n) is 7.02. The summed E-state index contributed by atoms with van der Waals surface area (Å²) in [6.07, 6.45) is 1.94. The molecule has 0 aliphatic heterocycles. The maximum atomic E-state index is 8.50. The molecule has 0 radical (unpaired) electrons. The second kappa shape index (κ2) is 9.54. The number of para-hydroxylation sites is 2. The van der Waals surface area contributed by atoms with Crippen molar-refractivity contribution in [2.75, 3.05) is 0 Å². The number of hydrogen-bond acceptors (Lipinski definition) is 2. The monoisotopic (exact) mass is 518 g/mol. The standard InChI is InChI=1S/C37H35NO/c1-23-18-26(21-37(4,5)6)14-16-28(23)27-15-17-29(24(2)19-27)33-20-34(38-22-25(33)3)32-12-9-11-31-30-10-7-8-13-35(30)39-36(31)32/h7-20,22H,21H2,1-6H3/i1D3,2D3,3D3. The van der Waals surface area contributed by atoms with Gasteiger partial charge in [0.05, 0.1) is 5.69 Å². The molecule has 0 bridgehead atoms. The molecule has 2 aromatic heterocycles. The van der Waals surface area contributed by atoms with Gasteiger partial charge in [-0.25, -0.2) is 0 Å². The lowest BCUT2D eigenvalue weighted by atomic mass is 9.86. The summed E-state index contributed by atoms with van der Waals surface area (Å²) in [5.74, 6) is 0. The quantitative estimate of drug-likeness (QED) is 0.232. The second-order valence-electron chi connectivity index (χ2n) is 11.3. The Morgan fingerprint density at radius 3 is 2.28 bits per heavy atom. The fourth-order valence-corrected chi connectivity index (χ4v) is 5.29. The zero-order chi connectivity index (χ0) is 34.8. The van der Waals surface area contributed by atoms with Gasteiger partial charge in [-0.1, -0.05) is 87.5 Å². The normalized spacial score (nSPS) is 16.3. The Morgan fingerprint density at radius 1 is 0.692 bits per heavy atom. The number of fused-ring (bicyclic) bond motifs is 3. The lowest BCUT2D eigenvalue weighted by molar-refractivity contribution is 0.411. The van der Waals surface area contributed by atoms with E-state index in [2.05, 4.69) is 25.8 Å². The molecule has 0 saturated heterocycles. The first kappa shape index (κ1) is 16.7. The Morgan fingerprint density at radius 2 is 1.46 bits per heavy atom. The van der Waals surface area contributed by atoms with Crippen LogP contribution in [0.25, 0.3) is 55.4 Å². The summed E-state index contributed by atoms with van der Waals surface area (Å²) in [4.78, 5) is 4.53. The summed E-state index contributed by atoms with van der Waals surface area (Å²) in [5.41, 5.74) is 4.27. The van der Waals surface area contributed by atoms with Gasteiger partial charge in [-0.3, -0.25) is 4.98 Å². The van der Waals surface area contributed by atoms with Gasteiger partial charge in [0.15, 0.2) is 0 Å². The number of furan rings is 1. The van der Waals surface area contributed by atoms with Crippen molar-refractivity contribution < 1.29 is 16.8 Å². The summed E-state index contributed by atoms with van der Waals surface area (Å²) in [7, 11) is 0. The van der Waals surface area contributed by atoms with Crippen molar-refractivity contribution in [1.29, 1.82) is 0 Å². The summed E-state index contributed by atoms with van der Waals surface area (Å²) in [6, 6.07) is 24.8. The maximum Gasteiger partial charge on any atom is 0.144 e. The second-order valence-corrected chi connectivity index (χ2v) is 11.3. The van der Waals surface area contributed by atoms with Crippen LogP contribution in [0.2, 0.25) is 0 Å². The molecule has 0 aliphatic rings. The van der Waals surface area contributed by atoms with E-state index in [9.17, 15) is 0 Å². The van der Waals surface area contributed by atoms with Crippen molar-refractivity contribution in [3.8, 4) is 33.5 Å². The number of pyridine rings is 1. The van der Waals surface area contributed by atoms with E-state index >= 15 is 0 Å². The average Bonchev–Trinajstić information content (AvgIpc) is 3.37. The minimum absolute atomic E-state index is 0.0661. The molecule has 194 valence electrons. The van der Waals surface area contributed by atoms with Gasteiger partial charge < -0.3 is 4.42 Å². The fraction of sp³-hybridized carbons (Fsp3) is 0.216. The fourth-order valence-electron chi connectivity index (χ4n) is 5.29.